The van der Waals surface area contributed by atoms with E-state index in [9.17, 15) is 0 Å². The van der Waals surface area contributed by atoms with Crippen molar-refractivity contribution in [1.29, 1.82) is 0 Å². The quantitative estimate of drug-likeness (QED) is 0.657. The number of pyridine rings is 1. The lowest BCUT2D eigenvalue weighted by molar-refractivity contribution is 0.615. The number of hydrogen-bond donors (Lipinski definition) is 0. The van der Waals surface area contributed by atoms with Crippen molar-refractivity contribution in [3.63, 3.8) is 0 Å². The van der Waals surface area contributed by atoms with Gasteiger partial charge >= 0.3 is 0 Å². The van der Waals surface area contributed by atoms with Crippen LogP contribution in [-0.2, 0) is 0 Å². The molecule has 0 fully saturated rings. The molecular formula is C13H8INO2. The van der Waals surface area contributed by atoms with Crippen LogP contribution in [0.1, 0.15) is 0 Å². The van der Waals surface area contributed by atoms with Crippen molar-refractivity contribution < 1.29 is 7.48 Å². The molecule has 17 heavy (non-hydrogen) atoms. The largest absolute Gasteiger partial charge is 0.464 e. The first-order valence-corrected chi connectivity index (χ1v) is 5.98. The second-order valence-corrected chi connectivity index (χ2v) is 4.03. The Morgan fingerprint density at radius 2 is 1.88 bits per heavy atom. The minimum atomic E-state index is 0.828. The fraction of sp³-hybridized carbons (Fsp3) is 0. The first-order chi connectivity index (χ1) is 8.38. The number of benzene rings is 1. The van der Waals surface area contributed by atoms with Gasteiger partial charge in [0, 0.05) is 17.1 Å². The van der Waals surface area contributed by atoms with E-state index in [0.29, 0.717) is 0 Å². The topological polar surface area (TPSA) is 35.3 Å². The highest BCUT2D eigenvalue weighted by atomic mass is 127. The molecule has 0 saturated carbocycles. The summed E-state index contributed by atoms with van der Waals surface area (Å²) in [7, 11) is 0. The Kier molecular flexibility index (Phi) is 2.72. The van der Waals surface area contributed by atoms with E-state index in [1.807, 2.05) is 59.4 Å². The lowest BCUT2D eigenvalue weighted by atomic mass is 10.1. The van der Waals surface area contributed by atoms with Gasteiger partial charge in [-0.1, -0.05) is 0 Å². The summed E-state index contributed by atoms with van der Waals surface area (Å²) < 4.78 is 10.5. The highest BCUT2D eigenvalue weighted by Gasteiger charge is 2.07. The minimum absolute atomic E-state index is 0.828. The molecule has 2 aromatic heterocycles. The van der Waals surface area contributed by atoms with Gasteiger partial charge in [0.05, 0.1) is 12.0 Å². The predicted molar refractivity (Wildman–Crippen MR) is 74.1 cm³/mol. The number of fused-ring (bicyclic) bond motifs is 1. The Balaban J connectivity index is 2.16. The molecule has 1 aromatic carbocycles. The van der Waals surface area contributed by atoms with E-state index in [1.165, 1.54) is 0 Å². The monoisotopic (exact) mass is 337 g/mol. The molecule has 0 aliphatic rings. The number of aromatic nitrogens is 1. The molecule has 4 heteroatoms. The third kappa shape index (κ3) is 1.88. The third-order valence-corrected chi connectivity index (χ3v) is 3.11. The molecule has 3 nitrogen and oxygen atoms in total. The number of hydrogen-bond acceptors (Lipinski definition) is 3. The molecule has 0 aliphatic heterocycles. The Hall–Kier alpha value is -1.56. The second-order valence-electron chi connectivity index (χ2n) is 3.59. The highest BCUT2D eigenvalue weighted by molar-refractivity contribution is 14.1. The van der Waals surface area contributed by atoms with Crippen molar-refractivity contribution in [1.82, 2.24) is 4.98 Å². The van der Waals surface area contributed by atoms with Crippen LogP contribution in [0.5, 0.6) is 5.75 Å². The second kappa shape index (κ2) is 4.37. The first kappa shape index (κ1) is 10.6. The van der Waals surface area contributed by atoms with Crippen molar-refractivity contribution in [2.24, 2.45) is 0 Å². The summed E-state index contributed by atoms with van der Waals surface area (Å²) in [6.45, 7) is 0. The molecule has 0 amide bonds. The SMILES string of the molecule is IOc1ccc(-c2nccc3occc23)cc1. The van der Waals surface area contributed by atoms with Gasteiger partial charge in [-0.3, -0.25) is 4.98 Å². The van der Waals surface area contributed by atoms with E-state index >= 15 is 0 Å². The fourth-order valence-electron chi connectivity index (χ4n) is 1.79. The van der Waals surface area contributed by atoms with Gasteiger partial charge in [-0.25, -0.2) is 0 Å². The van der Waals surface area contributed by atoms with Crippen molar-refractivity contribution in [2.75, 3.05) is 0 Å². The van der Waals surface area contributed by atoms with Crippen LogP contribution in [0.2, 0.25) is 0 Å². The molecule has 3 rings (SSSR count). The van der Waals surface area contributed by atoms with Gasteiger partial charge in [0.15, 0.2) is 23.0 Å². The zero-order valence-electron chi connectivity index (χ0n) is 8.76. The zero-order chi connectivity index (χ0) is 11.7. The lowest BCUT2D eigenvalue weighted by Gasteiger charge is -2.02. The molecule has 0 aliphatic carbocycles. The van der Waals surface area contributed by atoms with E-state index in [1.54, 1.807) is 12.5 Å². The van der Waals surface area contributed by atoms with Crippen LogP contribution in [0.3, 0.4) is 0 Å². The molecule has 0 bridgehead atoms. The van der Waals surface area contributed by atoms with Gasteiger partial charge < -0.3 is 7.48 Å². The third-order valence-electron chi connectivity index (χ3n) is 2.60. The van der Waals surface area contributed by atoms with E-state index < -0.39 is 0 Å². The summed E-state index contributed by atoms with van der Waals surface area (Å²) in [6.07, 6.45) is 3.43. The van der Waals surface area contributed by atoms with Crippen molar-refractivity contribution in [3.8, 4) is 17.0 Å². The number of nitrogens with zero attached hydrogens (tertiary/aromatic N) is 1. The summed E-state index contributed by atoms with van der Waals surface area (Å²) in [6, 6.07) is 11.6. The molecule has 3 aromatic rings. The molecular weight excluding hydrogens is 329 g/mol. The summed E-state index contributed by atoms with van der Waals surface area (Å²) in [5, 5.41) is 1.02. The lowest BCUT2D eigenvalue weighted by Crippen LogP contribution is -1.83. The Bertz CT molecular complexity index is 646. The maximum Gasteiger partial charge on any atom is 0.192 e. The van der Waals surface area contributed by atoms with Crippen LogP contribution >= 0.6 is 23.0 Å². The average Bonchev–Trinajstić information content (AvgIpc) is 2.87. The molecule has 84 valence electrons. The predicted octanol–water partition coefficient (Wildman–Crippen LogP) is 4.22. The van der Waals surface area contributed by atoms with Gasteiger partial charge in [0.1, 0.15) is 11.3 Å². The molecule has 0 radical (unpaired) electrons. The summed E-state index contributed by atoms with van der Waals surface area (Å²) in [5.74, 6) is 0.828. The van der Waals surface area contributed by atoms with Crippen LogP contribution in [0, 0.1) is 0 Å². The summed E-state index contributed by atoms with van der Waals surface area (Å²) in [5.41, 5.74) is 2.83. The fourth-order valence-corrected chi connectivity index (χ4v) is 2.08. The Labute approximate surface area is 112 Å². The van der Waals surface area contributed by atoms with E-state index in [0.717, 1.165) is 28.0 Å². The Morgan fingerprint density at radius 3 is 2.65 bits per heavy atom. The number of rotatable bonds is 2. The van der Waals surface area contributed by atoms with Gasteiger partial charge in [-0.15, -0.1) is 0 Å². The van der Waals surface area contributed by atoms with Gasteiger partial charge in [0.2, 0.25) is 0 Å². The number of halogens is 1. The van der Waals surface area contributed by atoms with Crippen molar-refractivity contribution in [3.05, 3.63) is 48.9 Å². The number of furan rings is 1. The Morgan fingerprint density at radius 1 is 1.06 bits per heavy atom. The zero-order valence-corrected chi connectivity index (χ0v) is 10.9. The van der Waals surface area contributed by atoms with Crippen molar-refractivity contribution >= 4 is 34.0 Å². The van der Waals surface area contributed by atoms with Gasteiger partial charge in [0.25, 0.3) is 0 Å². The maximum absolute atomic E-state index is 5.36. The average molecular weight is 337 g/mol. The molecule has 0 saturated heterocycles. The molecule has 0 atom stereocenters. The summed E-state index contributed by atoms with van der Waals surface area (Å²) >= 11 is 1.86. The molecule has 0 unspecified atom stereocenters. The highest BCUT2D eigenvalue weighted by Crippen LogP contribution is 2.28. The standard InChI is InChI=1S/C13H8INO2/c14-17-10-3-1-9(2-4-10)13-11-6-8-16-12(11)5-7-15-13/h1-8H. The van der Waals surface area contributed by atoms with Gasteiger partial charge in [-0.2, -0.15) is 0 Å². The van der Waals surface area contributed by atoms with E-state index in [4.69, 9.17) is 7.48 Å². The van der Waals surface area contributed by atoms with Crippen LogP contribution in [0.4, 0.5) is 0 Å². The summed E-state index contributed by atoms with van der Waals surface area (Å²) in [4.78, 5) is 4.40. The van der Waals surface area contributed by atoms with Crippen LogP contribution in [-0.4, -0.2) is 4.98 Å². The van der Waals surface area contributed by atoms with Crippen molar-refractivity contribution in [2.45, 2.75) is 0 Å². The maximum atomic E-state index is 5.36. The molecule has 0 N–H and O–H groups in total. The smallest absolute Gasteiger partial charge is 0.192 e. The first-order valence-electron chi connectivity index (χ1n) is 5.10. The van der Waals surface area contributed by atoms with Crippen LogP contribution in [0.15, 0.2) is 53.3 Å². The molecule has 0 spiro atoms. The van der Waals surface area contributed by atoms with Crippen LogP contribution < -0.4 is 3.07 Å². The van der Waals surface area contributed by atoms with Crippen LogP contribution in [0.25, 0.3) is 22.2 Å². The normalized spacial score (nSPS) is 10.6. The van der Waals surface area contributed by atoms with E-state index in [-0.39, 0.29) is 0 Å². The van der Waals surface area contributed by atoms with E-state index in [2.05, 4.69) is 4.98 Å². The minimum Gasteiger partial charge on any atom is -0.464 e. The van der Waals surface area contributed by atoms with Gasteiger partial charge in [-0.05, 0) is 36.4 Å². The molecule has 2 heterocycles.